The van der Waals surface area contributed by atoms with Crippen molar-refractivity contribution in [1.29, 1.82) is 0 Å². The quantitative estimate of drug-likeness (QED) is 0.760. The van der Waals surface area contributed by atoms with Crippen molar-refractivity contribution in [2.45, 2.75) is 26.3 Å². The number of likely N-dealkylation sites (N-methyl/N-ethyl adjacent to an activating group) is 1. The summed E-state index contributed by atoms with van der Waals surface area (Å²) in [4.78, 5) is 2.01. The molecule has 20 heavy (non-hydrogen) atoms. The van der Waals surface area contributed by atoms with Gasteiger partial charge in [-0.05, 0) is 32.5 Å². The minimum Gasteiger partial charge on any atom is -0.389 e. The topological polar surface area (TPSA) is 41.3 Å². The summed E-state index contributed by atoms with van der Waals surface area (Å²) in [5, 5.41) is 2.89. The van der Waals surface area contributed by atoms with E-state index in [1.165, 1.54) is 12.1 Å². The van der Waals surface area contributed by atoms with Gasteiger partial charge in [-0.1, -0.05) is 19.1 Å². The van der Waals surface area contributed by atoms with Crippen LogP contribution in [0.3, 0.4) is 0 Å². The number of benzene rings is 1. The highest BCUT2D eigenvalue weighted by Crippen LogP contribution is 2.20. The van der Waals surface area contributed by atoms with Gasteiger partial charge < -0.3 is 16.0 Å². The first-order valence-electron chi connectivity index (χ1n) is 6.60. The lowest BCUT2D eigenvalue weighted by Gasteiger charge is -2.23. The molecule has 6 heteroatoms. The molecule has 112 valence electrons. The van der Waals surface area contributed by atoms with Crippen LogP contribution in [0.2, 0.25) is 0 Å². The standard InChI is InChI=1S/C14H21F2N3S/c1-4-9(2)19(3)8-7-18-11-6-5-10(14(17)20)12(15)13(11)16/h5-6,9,18H,4,7-8H2,1-3H3,(H2,17,20). The van der Waals surface area contributed by atoms with E-state index in [2.05, 4.69) is 36.3 Å². The Morgan fingerprint density at radius 1 is 1.40 bits per heavy atom. The largest absolute Gasteiger partial charge is 0.389 e. The smallest absolute Gasteiger partial charge is 0.182 e. The average molecular weight is 301 g/mol. The Balaban J connectivity index is 2.66. The van der Waals surface area contributed by atoms with E-state index in [0.717, 1.165) is 13.0 Å². The third kappa shape index (κ3) is 4.11. The third-order valence-corrected chi connectivity index (χ3v) is 3.69. The van der Waals surface area contributed by atoms with Crippen molar-refractivity contribution in [3.63, 3.8) is 0 Å². The maximum Gasteiger partial charge on any atom is 0.182 e. The van der Waals surface area contributed by atoms with Gasteiger partial charge in [-0.25, -0.2) is 8.78 Å². The van der Waals surface area contributed by atoms with Crippen LogP contribution in [0.1, 0.15) is 25.8 Å². The van der Waals surface area contributed by atoms with E-state index in [1.807, 2.05) is 7.05 Å². The molecular weight excluding hydrogens is 280 g/mol. The first kappa shape index (κ1) is 16.8. The van der Waals surface area contributed by atoms with E-state index in [1.54, 1.807) is 0 Å². The number of hydrogen-bond acceptors (Lipinski definition) is 3. The Kier molecular flexibility index (Phi) is 6.29. The molecule has 0 aromatic heterocycles. The summed E-state index contributed by atoms with van der Waals surface area (Å²) in [6.45, 7) is 5.51. The maximum atomic E-state index is 13.8. The van der Waals surface area contributed by atoms with Crippen LogP contribution < -0.4 is 11.1 Å². The monoisotopic (exact) mass is 301 g/mol. The molecule has 0 radical (unpaired) electrons. The first-order valence-corrected chi connectivity index (χ1v) is 7.01. The number of nitrogens with one attached hydrogen (secondary N) is 1. The summed E-state index contributed by atoms with van der Waals surface area (Å²) in [5.41, 5.74) is 5.38. The molecule has 1 rings (SSSR count). The highest BCUT2D eigenvalue weighted by molar-refractivity contribution is 7.80. The summed E-state index contributed by atoms with van der Waals surface area (Å²) in [6.07, 6.45) is 1.04. The zero-order chi connectivity index (χ0) is 15.3. The van der Waals surface area contributed by atoms with Crippen molar-refractivity contribution in [3.8, 4) is 0 Å². The van der Waals surface area contributed by atoms with Gasteiger partial charge in [-0.15, -0.1) is 0 Å². The van der Waals surface area contributed by atoms with Crippen LogP contribution in [0.15, 0.2) is 12.1 Å². The Labute approximate surface area is 124 Å². The van der Waals surface area contributed by atoms with Gasteiger partial charge in [0.1, 0.15) is 4.99 Å². The van der Waals surface area contributed by atoms with Crippen molar-refractivity contribution >= 4 is 22.9 Å². The summed E-state index contributed by atoms with van der Waals surface area (Å²) in [5.74, 6) is -1.95. The predicted octanol–water partition coefficient (Wildman–Crippen LogP) is 2.74. The Morgan fingerprint density at radius 2 is 2.05 bits per heavy atom. The Morgan fingerprint density at radius 3 is 2.60 bits per heavy atom. The average Bonchev–Trinajstić information content (AvgIpc) is 2.42. The number of anilines is 1. The number of hydrogen-bond donors (Lipinski definition) is 2. The second kappa shape index (κ2) is 7.50. The van der Waals surface area contributed by atoms with Gasteiger partial charge in [0.05, 0.1) is 5.69 Å². The minimum absolute atomic E-state index is 0.0697. The van der Waals surface area contributed by atoms with E-state index in [-0.39, 0.29) is 16.2 Å². The fourth-order valence-corrected chi connectivity index (χ4v) is 1.93. The summed E-state index contributed by atoms with van der Waals surface area (Å²) < 4.78 is 27.5. The van der Waals surface area contributed by atoms with Gasteiger partial charge in [0.15, 0.2) is 11.6 Å². The molecule has 0 heterocycles. The second-order valence-corrected chi connectivity index (χ2v) is 5.26. The van der Waals surface area contributed by atoms with Crippen LogP contribution >= 0.6 is 12.2 Å². The lowest BCUT2D eigenvalue weighted by Crippen LogP contribution is -2.32. The first-order chi connectivity index (χ1) is 9.38. The fraction of sp³-hybridized carbons (Fsp3) is 0.500. The maximum absolute atomic E-state index is 13.8. The van der Waals surface area contributed by atoms with E-state index in [0.29, 0.717) is 12.6 Å². The summed E-state index contributed by atoms with van der Waals surface area (Å²) >= 11 is 4.66. The Bertz CT molecular complexity index is 480. The molecule has 0 bridgehead atoms. The molecule has 0 saturated carbocycles. The lowest BCUT2D eigenvalue weighted by molar-refractivity contribution is 0.261. The number of thiocarbonyl (C=S) groups is 1. The molecular formula is C14H21F2N3S. The number of nitrogens with two attached hydrogens (primary N) is 1. The van der Waals surface area contributed by atoms with Gasteiger partial charge in [0.25, 0.3) is 0 Å². The van der Waals surface area contributed by atoms with Gasteiger partial charge in [-0.2, -0.15) is 0 Å². The highest BCUT2D eigenvalue weighted by Gasteiger charge is 2.15. The van der Waals surface area contributed by atoms with Crippen molar-refractivity contribution in [2.24, 2.45) is 5.73 Å². The molecule has 0 amide bonds. The molecule has 0 aliphatic carbocycles. The summed E-state index contributed by atoms with van der Waals surface area (Å²) in [6, 6.07) is 3.30. The molecule has 0 aliphatic rings. The van der Waals surface area contributed by atoms with Crippen molar-refractivity contribution in [3.05, 3.63) is 29.3 Å². The van der Waals surface area contributed by atoms with Crippen LogP contribution in [0.25, 0.3) is 0 Å². The molecule has 1 aromatic carbocycles. The van der Waals surface area contributed by atoms with Gasteiger partial charge in [-0.3, -0.25) is 0 Å². The van der Waals surface area contributed by atoms with Gasteiger partial charge in [0, 0.05) is 24.7 Å². The number of rotatable bonds is 7. The predicted molar refractivity (Wildman–Crippen MR) is 83.1 cm³/mol. The molecule has 1 atom stereocenters. The zero-order valence-corrected chi connectivity index (χ0v) is 12.9. The van der Waals surface area contributed by atoms with E-state index >= 15 is 0 Å². The van der Waals surface area contributed by atoms with Crippen LogP contribution in [0.4, 0.5) is 14.5 Å². The molecule has 1 aromatic rings. The molecule has 3 nitrogen and oxygen atoms in total. The van der Waals surface area contributed by atoms with Crippen molar-refractivity contribution in [1.82, 2.24) is 4.90 Å². The second-order valence-electron chi connectivity index (χ2n) is 4.82. The molecule has 0 fully saturated rings. The number of nitrogens with zero attached hydrogens (tertiary/aromatic N) is 1. The van der Waals surface area contributed by atoms with Crippen LogP contribution in [0.5, 0.6) is 0 Å². The van der Waals surface area contributed by atoms with Crippen LogP contribution in [-0.2, 0) is 0 Å². The minimum atomic E-state index is -1.00. The fourth-order valence-electron chi connectivity index (χ4n) is 1.78. The third-order valence-electron chi connectivity index (χ3n) is 3.47. The number of halogens is 2. The van der Waals surface area contributed by atoms with E-state index < -0.39 is 11.6 Å². The Hall–Kier alpha value is -1.27. The van der Waals surface area contributed by atoms with Gasteiger partial charge >= 0.3 is 0 Å². The molecule has 0 spiro atoms. The van der Waals surface area contributed by atoms with E-state index in [4.69, 9.17) is 5.73 Å². The van der Waals surface area contributed by atoms with Crippen LogP contribution in [0, 0.1) is 11.6 Å². The normalized spacial score (nSPS) is 12.5. The summed E-state index contributed by atoms with van der Waals surface area (Å²) in [7, 11) is 2.00. The molecule has 0 saturated heterocycles. The molecule has 1 unspecified atom stereocenters. The van der Waals surface area contributed by atoms with Gasteiger partial charge in [0.2, 0.25) is 0 Å². The van der Waals surface area contributed by atoms with Crippen molar-refractivity contribution in [2.75, 3.05) is 25.5 Å². The molecule has 0 aliphatic heterocycles. The molecule has 3 N–H and O–H groups in total. The van der Waals surface area contributed by atoms with E-state index in [9.17, 15) is 8.78 Å². The van der Waals surface area contributed by atoms with Crippen molar-refractivity contribution < 1.29 is 8.78 Å². The van der Waals surface area contributed by atoms with Crippen LogP contribution in [-0.4, -0.2) is 36.1 Å². The highest BCUT2D eigenvalue weighted by atomic mass is 32.1. The lowest BCUT2D eigenvalue weighted by atomic mass is 10.1. The SMILES string of the molecule is CCC(C)N(C)CCNc1ccc(C(N)=S)c(F)c1F. The zero-order valence-electron chi connectivity index (χ0n) is 12.0.